The van der Waals surface area contributed by atoms with Gasteiger partial charge in [0.1, 0.15) is 0 Å². The summed E-state index contributed by atoms with van der Waals surface area (Å²) in [6.07, 6.45) is 2.91. The minimum atomic E-state index is 0.359. The van der Waals surface area contributed by atoms with Crippen LogP contribution in [0.3, 0.4) is 0 Å². The van der Waals surface area contributed by atoms with E-state index < -0.39 is 0 Å². The molecule has 0 amide bonds. The molecule has 18 heavy (non-hydrogen) atoms. The fourth-order valence-corrected chi connectivity index (χ4v) is 3.44. The maximum Gasteiger partial charge on any atom is 0.0565 e. The zero-order valence-electron chi connectivity index (χ0n) is 11.3. The van der Waals surface area contributed by atoms with E-state index in [1.54, 1.807) is 0 Å². The second-order valence-corrected chi connectivity index (χ2v) is 6.19. The molecule has 2 nitrogen and oxygen atoms in total. The molecule has 100 valence electrons. The van der Waals surface area contributed by atoms with Gasteiger partial charge in [-0.15, -0.1) is 0 Å². The summed E-state index contributed by atoms with van der Waals surface area (Å²) in [6.45, 7) is 6.55. The first-order valence-corrected chi connectivity index (χ1v) is 7.51. The third kappa shape index (κ3) is 3.56. The largest absolute Gasteiger partial charge is 0.375 e. The summed E-state index contributed by atoms with van der Waals surface area (Å²) in [4.78, 5) is 0. The van der Waals surface area contributed by atoms with Crippen molar-refractivity contribution in [2.75, 3.05) is 0 Å². The van der Waals surface area contributed by atoms with E-state index in [0.717, 1.165) is 12.8 Å². The Kier molecular flexibility index (Phi) is 4.82. The zero-order valence-corrected chi connectivity index (χ0v) is 12.9. The predicted molar refractivity (Wildman–Crippen MR) is 78.7 cm³/mol. The van der Waals surface area contributed by atoms with Crippen LogP contribution in [-0.2, 0) is 4.74 Å². The number of benzene rings is 1. The quantitative estimate of drug-likeness (QED) is 0.909. The van der Waals surface area contributed by atoms with Gasteiger partial charge in [0.15, 0.2) is 0 Å². The van der Waals surface area contributed by atoms with E-state index in [0.29, 0.717) is 24.3 Å². The van der Waals surface area contributed by atoms with Gasteiger partial charge in [-0.05, 0) is 45.2 Å². The SMILES string of the molecule is CC1CC(N[C@H](C)c2ccccc2Br)CC(C)O1. The Morgan fingerprint density at radius 2 is 1.83 bits per heavy atom. The van der Waals surface area contributed by atoms with Crippen LogP contribution in [-0.4, -0.2) is 18.2 Å². The van der Waals surface area contributed by atoms with E-state index >= 15 is 0 Å². The van der Waals surface area contributed by atoms with Crippen LogP contribution >= 0.6 is 15.9 Å². The second kappa shape index (κ2) is 6.18. The molecule has 1 aromatic carbocycles. The molecule has 0 aromatic heterocycles. The fourth-order valence-electron chi connectivity index (χ4n) is 2.81. The highest BCUT2D eigenvalue weighted by atomic mass is 79.9. The second-order valence-electron chi connectivity index (χ2n) is 5.34. The maximum atomic E-state index is 5.78. The van der Waals surface area contributed by atoms with Crippen molar-refractivity contribution in [3.05, 3.63) is 34.3 Å². The van der Waals surface area contributed by atoms with Crippen molar-refractivity contribution in [1.29, 1.82) is 0 Å². The molecule has 0 saturated carbocycles. The number of hydrogen-bond acceptors (Lipinski definition) is 2. The van der Waals surface area contributed by atoms with Crippen LogP contribution in [0.25, 0.3) is 0 Å². The Hall–Kier alpha value is -0.380. The van der Waals surface area contributed by atoms with E-state index in [-0.39, 0.29) is 0 Å². The van der Waals surface area contributed by atoms with Gasteiger partial charge in [0.2, 0.25) is 0 Å². The van der Waals surface area contributed by atoms with Crippen molar-refractivity contribution in [3.8, 4) is 0 Å². The standard InChI is InChI=1S/C15H22BrNO/c1-10-8-13(9-11(2)18-10)17-12(3)14-6-4-5-7-15(14)16/h4-7,10-13,17H,8-9H2,1-3H3/t10?,11?,12-,13?/m1/s1. The number of nitrogens with one attached hydrogen (secondary N) is 1. The molecule has 1 aliphatic rings. The summed E-state index contributed by atoms with van der Waals surface area (Å²) >= 11 is 3.62. The molecule has 2 rings (SSSR count). The van der Waals surface area contributed by atoms with E-state index in [4.69, 9.17) is 4.74 Å². The molecule has 2 unspecified atom stereocenters. The van der Waals surface area contributed by atoms with Crippen LogP contribution in [0.15, 0.2) is 28.7 Å². The van der Waals surface area contributed by atoms with Gasteiger partial charge in [0.05, 0.1) is 12.2 Å². The van der Waals surface area contributed by atoms with Crippen LogP contribution in [0.5, 0.6) is 0 Å². The summed E-state index contributed by atoms with van der Waals surface area (Å²) in [5.74, 6) is 0. The monoisotopic (exact) mass is 311 g/mol. The first-order valence-electron chi connectivity index (χ1n) is 6.72. The molecule has 0 radical (unpaired) electrons. The molecule has 1 saturated heterocycles. The van der Waals surface area contributed by atoms with Gasteiger partial charge in [-0.3, -0.25) is 0 Å². The molecule has 3 atom stereocenters. The van der Waals surface area contributed by atoms with Gasteiger partial charge in [0, 0.05) is 16.6 Å². The Bertz CT molecular complexity index is 386. The number of halogens is 1. The average molecular weight is 312 g/mol. The van der Waals surface area contributed by atoms with Crippen LogP contribution in [0.4, 0.5) is 0 Å². The van der Waals surface area contributed by atoms with Gasteiger partial charge in [-0.1, -0.05) is 34.1 Å². The molecule has 1 aliphatic heterocycles. The van der Waals surface area contributed by atoms with Crippen molar-refractivity contribution in [1.82, 2.24) is 5.32 Å². The molecular formula is C15H22BrNO. The van der Waals surface area contributed by atoms with Crippen molar-refractivity contribution >= 4 is 15.9 Å². The number of hydrogen-bond donors (Lipinski definition) is 1. The Morgan fingerprint density at radius 3 is 2.44 bits per heavy atom. The highest BCUT2D eigenvalue weighted by molar-refractivity contribution is 9.10. The van der Waals surface area contributed by atoms with Crippen molar-refractivity contribution < 1.29 is 4.74 Å². The molecule has 1 N–H and O–H groups in total. The fraction of sp³-hybridized carbons (Fsp3) is 0.600. The number of ether oxygens (including phenoxy) is 1. The first kappa shape index (κ1) is 14.0. The maximum absolute atomic E-state index is 5.78. The van der Waals surface area contributed by atoms with Gasteiger partial charge in [-0.2, -0.15) is 0 Å². The summed E-state index contributed by atoms with van der Waals surface area (Å²) < 4.78 is 6.96. The van der Waals surface area contributed by atoms with Gasteiger partial charge in [-0.25, -0.2) is 0 Å². The van der Waals surface area contributed by atoms with Crippen molar-refractivity contribution in [3.63, 3.8) is 0 Å². The average Bonchev–Trinajstić information content (AvgIpc) is 2.27. The van der Waals surface area contributed by atoms with Crippen LogP contribution in [0.2, 0.25) is 0 Å². The third-order valence-electron chi connectivity index (χ3n) is 3.55. The summed E-state index contributed by atoms with van der Waals surface area (Å²) in [5.41, 5.74) is 1.32. The summed E-state index contributed by atoms with van der Waals surface area (Å²) in [7, 11) is 0. The molecule has 1 fully saturated rings. The zero-order chi connectivity index (χ0) is 13.1. The molecule has 3 heteroatoms. The highest BCUT2D eigenvalue weighted by Crippen LogP contribution is 2.26. The van der Waals surface area contributed by atoms with Crippen molar-refractivity contribution in [2.45, 2.75) is 57.9 Å². The summed E-state index contributed by atoms with van der Waals surface area (Å²) in [6, 6.07) is 9.33. The lowest BCUT2D eigenvalue weighted by molar-refractivity contribution is -0.0433. The smallest absolute Gasteiger partial charge is 0.0565 e. The molecule has 0 bridgehead atoms. The lowest BCUT2D eigenvalue weighted by Gasteiger charge is -2.34. The number of rotatable bonds is 3. The summed E-state index contributed by atoms with van der Waals surface area (Å²) in [5, 5.41) is 3.73. The van der Waals surface area contributed by atoms with Gasteiger partial charge in [0.25, 0.3) is 0 Å². The Labute approximate surface area is 118 Å². The lowest BCUT2D eigenvalue weighted by Crippen LogP contribution is -2.42. The Morgan fingerprint density at radius 1 is 1.22 bits per heavy atom. The molecule has 0 spiro atoms. The predicted octanol–water partition coefficient (Wildman–Crippen LogP) is 4.06. The van der Waals surface area contributed by atoms with E-state index in [1.165, 1.54) is 10.0 Å². The topological polar surface area (TPSA) is 21.3 Å². The van der Waals surface area contributed by atoms with Crippen LogP contribution < -0.4 is 5.32 Å². The molecule has 1 heterocycles. The van der Waals surface area contributed by atoms with Crippen LogP contribution in [0, 0.1) is 0 Å². The van der Waals surface area contributed by atoms with Crippen molar-refractivity contribution in [2.24, 2.45) is 0 Å². The minimum Gasteiger partial charge on any atom is -0.375 e. The van der Waals surface area contributed by atoms with E-state index in [9.17, 15) is 0 Å². The lowest BCUT2D eigenvalue weighted by atomic mass is 9.98. The highest BCUT2D eigenvalue weighted by Gasteiger charge is 2.25. The van der Waals surface area contributed by atoms with E-state index in [2.05, 4.69) is 66.3 Å². The van der Waals surface area contributed by atoms with E-state index in [1.807, 2.05) is 0 Å². The molecule has 1 aromatic rings. The van der Waals surface area contributed by atoms with Gasteiger partial charge >= 0.3 is 0 Å². The molecular weight excluding hydrogens is 290 g/mol. The van der Waals surface area contributed by atoms with Crippen LogP contribution in [0.1, 0.15) is 45.2 Å². The van der Waals surface area contributed by atoms with Gasteiger partial charge < -0.3 is 10.1 Å². The third-order valence-corrected chi connectivity index (χ3v) is 4.28. The minimum absolute atomic E-state index is 0.359. The normalized spacial score (nSPS) is 30.1. The molecule has 0 aliphatic carbocycles. The Balaban J connectivity index is 1.99. The first-order chi connectivity index (χ1) is 8.56.